The molecule has 2 atom stereocenters. The third kappa shape index (κ3) is 8.02. The Bertz CT molecular complexity index is 960. The number of carbonyl (C=O) groups is 4. The number of aliphatic hydroxyl groups excluding tert-OH is 2. The van der Waals surface area contributed by atoms with Crippen LogP contribution in [0.15, 0.2) is 24.3 Å². The van der Waals surface area contributed by atoms with Gasteiger partial charge in [-0.3, -0.25) is 8.97 Å². The Hall–Kier alpha value is -2.08. The zero-order valence-electron chi connectivity index (χ0n) is 22.8. The van der Waals surface area contributed by atoms with Gasteiger partial charge in [-0.2, -0.15) is 0 Å². The number of cyclic esters (lactones) is 2. The number of hydrogen-bond acceptors (Lipinski definition) is 8. The van der Waals surface area contributed by atoms with Crippen molar-refractivity contribution < 1.29 is 72.6 Å². The van der Waals surface area contributed by atoms with Crippen molar-refractivity contribution in [1.82, 2.24) is 0 Å². The number of amides is 2. The standard InChI is InChI=1S/C28H40N2O8.2ClH/c31-21-17-29(13-5-1-6-14-29)25(33)11-12-26(34)30(15-7-2-8-16-30)18-22(32)20-38-28(36)24-10-4-3-9-23(24)27(35)37-19-21;;/h3-4,9-10,21-22,31-32H,1-2,5-8,11-20H2;2*1H/q+2;;/p-2. The van der Waals surface area contributed by atoms with E-state index in [0.29, 0.717) is 26.2 Å². The van der Waals surface area contributed by atoms with E-state index in [9.17, 15) is 29.4 Å². The molecule has 1 aromatic rings. The topological polar surface area (TPSA) is 127 Å². The third-order valence-corrected chi connectivity index (χ3v) is 8.26. The van der Waals surface area contributed by atoms with Crippen molar-refractivity contribution in [3.8, 4) is 0 Å². The van der Waals surface area contributed by atoms with Gasteiger partial charge in [-0.15, -0.1) is 0 Å². The van der Waals surface area contributed by atoms with Crippen molar-refractivity contribution in [1.29, 1.82) is 0 Å². The number of ether oxygens (including phenoxy) is 2. The predicted octanol–water partition coefficient (Wildman–Crippen LogP) is -4.42. The summed E-state index contributed by atoms with van der Waals surface area (Å²) in [5.74, 6) is -1.73. The van der Waals surface area contributed by atoms with Gasteiger partial charge in [0.2, 0.25) is 0 Å². The minimum absolute atomic E-state index is 0. The molecular formula is C28H40Cl2N2O8. The molecule has 2 N–H and O–H groups in total. The van der Waals surface area contributed by atoms with Crippen LogP contribution in [-0.4, -0.2) is 108 Å². The molecule has 2 unspecified atom stereocenters. The second-order valence-electron chi connectivity index (χ2n) is 11.0. The molecule has 2 saturated heterocycles. The first-order valence-electron chi connectivity index (χ1n) is 13.8. The summed E-state index contributed by atoms with van der Waals surface area (Å²) in [6.45, 7) is 1.85. The molecule has 3 aliphatic heterocycles. The van der Waals surface area contributed by atoms with Crippen LogP contribution in [-0.2, 0) is 19.1 Å². The minimum atomic E-state index is -1.08. The Labute approximate surface area is 247 Å². The zero-order chi connectivity index (χ0) is 27.2. The van der Waals surface area contributed by atoms with Gasteiger partial charge in [0.1, 0.15) is 38.5 Å². The van der Waals surface area contributed by atoms with E-state index >= 15 is 0 Å². The number of piperidine rings is 2. The van der Waals surface area contributed by atoms with Crippen LogP contribution in [0.5, 0.6) is 0 Å². The number of aliphatic hydroxyl groups is 2. The van der Waals surface area contributed by atoms with Crippen molar-refractivity contribution in [2.75, 3.05) is 52.5 Å². The molecule has 3 aliphatic rings. The van der Waals surface area contributed by atoms with E-state index in [1.54, 1.807) is 12.1 Å². The van der Waals surface area contributed by atoms with Crippen molar-refractivity contribution >= 4 is 23.8 Å². The molecule has 2 fully saturated rings. The molecule has 224 valence electrons. The summed E-state index contributed by atoms with van der Waals surface area (Å²) in [7, 11) is 0. The van der Waals surface area contributed by atoms with Gasteiger partial charge in [0.25, 0.3) is 0 Å². The third-order valence-electron chi connectivity index (χ3n) is 8.26. The predicted molar refractivity (Wildman–Crippen MR) is 136 cm³/mol. The van der Waals surface area contributed by atoms with E-state index in [0.717, 1.165) is 38.5 Å². The summed E-state index contributed by atoms with van der Waals surface area (Å²) < 4.78 is 10.8. The summed E-state index contributed by atoms with van der Waals surface area (Å²) in [6.07, 6.45) is 3.33. The van der Waals surface area contributed by atoms with Gasteiger partial charge in [0.15, 0.2) is 0 Å². The summed E-state index contributed by atoms with van der Waals surface area (Å²) in [6, 6.07) is 6.06. The van der Waals surface area contributed by atoms with Gasteiger partial charge in [-0.25, -0.2) is 19.2 Å². The van der Waals surface area contributed by atoms with Crippen LogP contribution in [0.25, 0.3) is 0 Å². The van der Waals surface area contributed by atoms with Crippen molar-refractivity contribution in [2.24, 2.45) is 0 Å². The summed E-state index contributed by atoms with van der Waals surface area (Å²) in [5, 5.41) is 21.6. The van der Waals surface area contributed by atoms with Gasteiger partial charge < -0.3 is 44.5 Å². The zero-order valence-corrected chi connectivity index (χ0v) is 24.3. The SMILES string of the molecule is O=C1OCC(O)C[N+]2(CCCCC2)C(=O)CCC(=O)[N+]2(CCCCC2)CC(O)COC(=O)c2ccccc21.[Cl-].[Cl-]. The molecule has 2 spiro atoms. The number of carbonyl (C=O) groups excluding carboxylic acids is 4. The molecule has 2 amide bonds. The average Bonchev–Trinajstić information content (AvgIpc) is 2.93. The molecule has 12 heteroatoms. The number of esters is 2. The Morgan fingerprint density at radius 2 is 0.950 bits per heavy atom. The average molecular weight is 604 g/mol. The number of benzene rings is 1. The lowest BCUT2D eigenvalue weighted by molar-refractivity contribution is -0.866. The Morgan fingerprint density at radius 3 is 1.30 bits per heavy atom. The van der Waals surface area contributed by atoms with Crippen LogP contribution in [0.1, 0.15) is 72.1 Å². The first kappa shape index (κ1) is 34.1. The van der Waals surface area contributed by atoms with Gasteiger partial charge >= 0.3 is 23.8 Å². The molecule has 3 heterocycles. The van der Waals surface area contributed by atoms with E-state index in [4.69, 9.17) is 9.47 Å². The molecule has 0 bridgehead atoms. The van der Waals surface area contributed by atoms with Crippen LogP contribution in [0.4, 0.5) is 0 Å². The second kappa shape index (κ2) is 15.2. The molecule has 4 rings (SSSR count). The molecule has 1 aromatic carbocycles. The maximum atomic E-state index is 13.6. The molecule has 0 saturated carbocycles. The van der Waals surface area contributed by atoms with Gasteiger partial charge in [-0.1, -0.05) is 12.1 Å². The van der Waals surface area contributed by atoms with Gasteiger partial charge in [-0.05, 0) is 50.7 Å². The number of quaternary nitrogens is 2. The van der Waals surface area contributed by atoms with E-state index in [-0.39, 0.29) is 95.9 Å². The lowest BCUT2D eigenvalue weighted by atomic mass is 10.0. The maximum absolute atomic E-state index is 13.6. The monoisotopic (exact) mass is 602 g/mol. The highest BCUT2D eigenvalue weighted by molar-refractivity contribution is 6.03. The fraction of sp³-hybridized carbons (Fsp3) is 0.643. The molecule has 40 heavy (non-hydrogen) atoms. The summed E-state index contributed by atoms with van der Waals surface area (Å²) >= 11 is 0. The Balaban J connectivity index is 0.00000280. The molecule has 10 nitrogen and oxygen atoms in total. The quantitative estimate of drug-likeness (QED) is 0.225. The molecule has 0 aromatic heterocycles. The van der Waals surface area contributed by atoms with Crippen molar-refractivity contribution in [3.05, 3.63) is 35.4 Å². The molecule has 0 radical (unpaired) electrons. The number of rotatable bonds is 0. The van der Waals surface area contributed by atoms with E-state index in [1.165, 1.54) is 12.1 Å². The lowest BCUT2D eigenvalue weighted by Gasteiger charge is -2.41. The highest BCUT2D eigenvalue weighted by atomic mass is 35.5. The van der Waals surface area contributed by atoms with Crippen LogP contribution in [0, 0.1) is 0 Å². The van der Waals surface area contributed by atoms with Crippen molar-refractivity contribution in [2.45, 2.75) is 63.6 Å². The summed E-state index contributed by atoms with van der Waals surface area (Å²) in [5.41, 5.74) is -0.0130. The summed E-state index contributed by atoms with van der Waals surface area (Å²) in [4.78, 5) is 52.8. The number of fused-ring (bicyclic) bond motifs is 1. The number of halogens is 2. The highest BCUT2D eigenvalue weighted by Gasteiger charge is 2.44. The highest BCUT2D eigenvalue weighted by Crippen LogP contribution is 2.26. The van der Waals surface area contributed by atoms with Crippen LogP contribution in [0.2, 0.25) is 0 Å². The lowest BCUT2D eigenvalue weighted by Crippen LogP contribution is -3.00. The van der Waals surface area contributed by atoms with Gasteiger partial charge in [0.05, 0.1) is 50.1 Å². The Kier molecular flexibility index (Phi) is 13.0. The largest absolute Gasteiger partial charge is 1.00 e. The number of nitrogens with zero attached hydrogens (tertiary/aromatic N) is 2. The van der Waals surface area contributed by atoms with Crippen LogP contribution >= 0.6 is 0 Å². The van der Waals surface area contributed by atoms with Gasteiger partial charge in [0, 0.05) is 0 Å². The van der Waals surface area contributed by atoms with Crippen molar-refractivity contribution in [3.63, 3.8) is 0 Å². The number of hydrogen-bond donors (Lipinski definition) is 2. The Morgan fingerprint density at radius 1 is 0.600 bits per heavy atom. The molecule has 0 aliphatic carbocycles. The maximum Gasteiger partial charge on any atom is 0.339 e. The molecular weight excluding hydrogens is 563 g/mol. The van der Waals surface area contributed by atoms with Crippen LogP contribution in [0.3, 0.4) is 0 Å². The fourth-order valence-electron chi connectivity index (χ4n) is 6.24. The van der Waals surface area contributed by atoms with E-state index in [2.05, 4.69) is 0 Å². The normalized spacial score (nSPS) is 26.2. The second-order valence-corrected chi connectivity index (χ2v) is 11.0. The van der Waals surface area contributed by atoms with Crippen LogP contribution < -0.4 is 24.8 Å². The minimum Gasteiger partial charge on any atom is -1.00 e. The first-order chi connectivity index (χ1) is 18.2. The van der Waals surface area contributed by atoms with E-state index < -0.39 is 24.1 Å². The smallest absolute Gasteiger partial charge is 0.339 e. The fourth-order valence-corrected chi connectivity index (χ4v) is 6.24. The van der Waals surface area contributed by atoms with E-state index in [1.807, 2.05) is 0 Å². The first-order valence-corrected chi connectivity index (χ1v) is 13.8.